The first-order chi connectivity index (χ1) is 13.2. The Bertz CT molecular complexity index is 1300. The van der Waals surface area contributed by atoms with Crippen LogP contribution in [-0.4, -0.2) is 25.0 Å². The van der Waals surface area contributed by atoms with Gasteiger partial charge in [0.25, 0.3) is 0 Å². The minimum absolute atomic E-state index is 0.0782. The molecule has 27 heavy (non-hydrogen) atoms. The van der Waals surface area contributed by atoms with Crippen LogP contribution in [0, 0.1) is 5.82 Å². The van der Waals surface area contributed by atoms with Crippen LogP contribution < -0.4 is 0 Å². The lowest BCUT2D eigenvalue weighted by molar-refractivity contribution is 0.475. The highest BCUT2D eigenvalue weighted by atomic mass is 19.1. The Morgan fingerprint density at radius 3 is 2.63 bits per heavy atom. The van der Waals surface area contributed by atoms with E-state index in [0.717, 1.165) is 22.2 Å². The Labute approximate surface area is 153 Å². The SMILES string of the molecule is Oc1cccc(-c2c(F)cnc3[nH]c4cnc(-c5cccnc5)cc4c23)c1. The quantitative estimate of drug-likeness (QED) is 0.481. The maximum atomic E-state index is 14.8. The second-order valence-corrected chi connectivity index (χ2v) is 6.24. The molecule has 6 heteroatoms. The summed E-state index contributed by atoms with van der Waals surface area (Å²) in [7, 11) is 0. The van der Waals surface area contributed by atoms with Crippen LogP contribution in [-0.2, 0) is 0 Å². The third kappa shape index (κ3) is 2.50. The van der Waals surface area contributed by atoms with Gasteiger partial charge in [-0.15, -0.1) is 0 Å². The molecule has 4 aromatic heterocycles. The van der Waals surface area contributed by atoms with Gasteiger partial charge in [-0.3, -0.25) is 9.97 Å². The third-order valence-corrected chi connectivity index (χ3v) is 4.55. The van der Waals surface area contributed by atoms with Gasteiger partial charge in [-0.2, -0.15) is 0 Å². The molecule has 0 fully saturated rings. The molecule has 0 amide bonds. The van der Waals surface area contributed by atoms with Gasteiger partial charge in [0, 0.05) is 34.3 Å². The lowest BCUT2D eigenvalue weighted by atomic mass is 10.0. The highest BCUT2D eigenvalue weighted by Crippen LogP contribution is 2.37. The summed E-state index contributed by atoms with van der Waals surface area (Å²) in [5.41, 5.74) is 3.91. The van der Waals surface area contributed by atoms with Crippen molar-refractivity contribution in [2.75, 3.05) is 0 Å². The van der Waals surface area contributed by atoms with Crippen LogP contribution in [0.25, 0.3) is 44.3 Å². The number of H-pyrrole nitrogens is 1. The Morgan fingerprint density at radius 2 is 1.81 bits per heavy atom. The molecule has 0 saturated heterocycles. The zero-order valence-corrected chi connectivity index (χ0v) is 14.0. The van der Waals surface area contributed by atoms with Crippen LogP contribution in [0.5, 0.6) is 5.75 Å². The zero-order chi connectivity index (χ0) is 18.4. The first kappa shape index (κ1) is 15.5. The van der Waals surface area contributed by atoms with Crippen LogP contribution in [0.3, 0.4) is 0 Å². The van der Waals surface area contributed by atoms with Gasteiger partial charge in [0.2, 0.25) is 0 Å². The second kappa shape index (κ2) is 5.88. The highest BCUT2D eigenvalue weighted by molar-refractivity contribution is 6.13. The molecule has 0 unspecified atom stereocenters. The van der Waals surface area contributed by atoms with Crippen molar-refractivity contribution in [2.45, 2.75) is 0 Å². The Balaban J connectivity index is 1.86. The molecule has 130 valence electrons. The largest absolute Gasteiger partial charge is 0.508 e. The molecule has 0 spiro atoms. The molecule has 0 saturated carbocycles. The normalized spacial score (nSPS) is 11.3. The van der Waals surface area contributed by atoms with E-state index in [-0.39, 0.29) is 5.75 Å². The number of fused-ring (bicyclic) bond motifs is 3. The first-order valence-corrected chi connectivity index (χ1v) is 8.36. The first-order valence-electron chi connectivity index (χ1n) is 8.36. The number of pyridine rings is 3. The van der Waals surface area contributed by atoms with Crippen molar-refractivity contribution < 1.29 is 9.50 Å². The van der Waals surface area contributed by atoms with E-state index >= 15 is 0 Å². The molecule has 5 nitrogen and oxygen atoms in total. The summed E-state index contributed by atoms with van der Waals surface area (Å²) in [4.78, 5) is 16.0. The van der Waals surface area contributed by atoms with E-state index in [1.807, 2.05) is 18.2 Å². The molecule has 0 radical (unpaired) electrons. The maximum Gasteiger partial charge on any atom is 0.150 e. The second-order valence-electron chi connectivity index (χ2n) is 6.24. The molecular formula is C21H13FN4O. The van der Waals surface area contributed by atoms with Crippen molar-refractivity contribution in [3.05, 3.63) is 73.1 Å². The number of hydrogen-bond donors (Lipinski definition) is 2. The van der Waals surface area contributed by atoms with Gasteiger partial charge in [0.05, 0.1) is 23.6 Å². The number of rotatable bonds is 2. The monoisotopic (exact) mass is 356 g/mol. The molecule has 4 heterocycles. The van der Waals surface area contributed by atoms with E-state index in [2.05, 4.69) is 19.9 Å². The Hall–Kier alpha value is -3.80. The lowest BCUT2D eigenvalue weighted by Gasteiger charge is -2.07. The number of phenols is 1. The lowest BCUT2D eigenvalue weighted by Crippen LogP contribution is -1.89. The third-order valence-electron chi connectivity index (χ3n) is 4.55. The van der Waals surface area contributed by atoms with E-state index in [4.69, 9.17) is 0 Å². The maximum absolute atomic E-state index is 14.8. The van der Waals surface area contributed by atoms with Gasteiger partial charge in [-0.1, -0.05) is 12.1 Å². The van der Waals surface area contributed by atoms with E-state index < -0.39 is 5.82 Å². The number of benzene rings is 1. The molecule has 0 aliphatic rings. The molecule has 5 rings (SSSR count). The topological polar surface area (TPSA) is 74.7 Å². The number of nitrogens with one attached hydrogen (secondary N) is 1. The molecular weight excluding hydrogens is 343 g/mol. The fourth-order valence-corrected chi connectivity index (χ4v) is 3.35. The average molecular weight is 356 g/mol. The minimum atomic E-state index is -0.450. The Morgan fingerprint density at radius 1 is 0.926 bits per heavy atom. The van der Waals surface area contributed by atoms with Gasteiger partial charge >= 0.3 is 0 Å². The van der Waals surface area contributed by atoms with E-state index in [0.29, 0.717) is 22.2 Å². The van der Waals surface area contributed by atoms with Gasteiger partial charge in [-0.25, -0.2) is 9.37 Å². The fraction of sp³-hybridized carbons (Fsp3) is 0. The molecule has 0 atom stereocenters. The molecule has 0 aliphatic heterocycles. The van der Waals surface area contributed by atoms with Crippen molar-refractivity contribution in [2.24, 2.45) is 0 Å². The number of aromatic hydroxyl groups is 1. The van der Waals surface area contributed by atoms with Crippen molar-refractivity contribution in [3.8, 4) is 28.1 Å². The number of nitrogens with zero attached hydrogens (tertiary/aromatic N) is 3. The van der Waals surface area contributed by atoms with E-state index in [1.54, 1.807) is 42.9 Å². The van der Waals surface area contributed by atoms with Crippen LogP contribution in [0.15, 0.2) is 67.3 Å². The predicted octanol–water partition coefficient (Wildman–Crippen LogP) is 4.68. The van der Waals surface area contributed by atoms with Crippen molar-refractivity contribution in [3.63, 3.8) is 0 Å². The number of phenolic OH excluding ortho intramolecular Hbond substituents is 1. The van der Waals surface area contributed by atoms with E-state index in [9.17, 15) is 9.50 Å². The van der Waals surface area contributed by atoms with E-state index in [1.165, 1.54) is 6.20 Å². The molecule has 0 bridgehead atoms. The van der Waals surface area contributed by atoms with Crippen LogP contribution in [0.2, 0.25) is 0 Å². The number of aromatic amines is 1. The summed E-state index contributed by atoms with van der Waals surface area (Å²) in [6.45, 7) is 0. The standard InChI is InChI=1S/C21H13FN4O/c22-16-10-25-21-20(19(16)12-3-1-5-14(27)7-12)15-8-17(24-11-18(15)26-21)13-4-2-6-23-9-13/h1-11,27H,(H,25,26). The summed E-state index contributed by atoms with van der Waals surface area (Å²) in [6.07, 6.45) is 6.33. The predicted molar refractivity (Wildman–Crippen MR) is 102 cm³/mol. The number of hydrogen-bond acceptors (Lipinski definition) is 4. The smallest absolute Gasteiger partial charge is 0.150 e. The molecule has 5 aromatic rings. The van der Waals surface area contributed by atoms with Gasteiger partial charge < -0.3 is 10.1 Å². The van der Waals surface area contributed by atoms with Gasteiger partial charge in [-0.05, 0) is 35.9 Å². The highest BCUT2D eigenvalue weighted by Gasteiger charge is 2.17. The number of aromatic nitrogens is 4. The summed E-state index contributed by atoms with van der Waals surface area (Å²) in [5, 5.41) is 11.3. The number of halogens is 1. The van der Waals surface area contributed by atoms with Gasteiger partial charge in [0.1, 0.15) is 17.2 Å². The fourth-order valence-electron chi connectivity index (χ4n) is 3.35. The van der Waals surface area contributed by atoms with Crippen LogP contribution >= 0.6 is 0 Å². The van der Waals surface area contributed by atoms with Crippen LogP contribution in [0.4, 0.5) is 4.39 Å². The molecule has 1 aromatic carbocycles. The van der Waals surface area contributed by atoms with Crippen molar-refractivity contribution in [1.29, 1.82) is 0 Å². The van der Waals surface area contributed by atoms with Gasteiger partial charge in [0.15, 0.2) is 0 Å². The summed E-state index contributed by atoms with van der Waals surface area (Å²) >= 11 is 0. The summed E-state index contributed by atoms with van der Waals surface area (Å²) < 4.78 is 14.8. The summed E-state index contributed by atoms with van der Waals surface area (Å²) in [5.74, 6) is -0.372. The Kier molecular flexibility index (Phi) is 3.36. The minimum Gasteiger partial charge on any atom is -0.508 e. The average Bonchev–Trinajstić information content (AvgIpc) is 3.06. The van der Waals surface area contributed by atoms with Crippen molar-refractivity contribution >= 4 is 21.9 Å². The van der Waals surface area contributed by atoms with Crippen molar-refractivity contribution in [1.82, 2.24) is 19.9 Å². The summed E-state index contributed by atoms with van der Waals surface area (Å²) in [6, 6.07) is 12.2. The molecule has 2 N–H and O–H groups in total. The van der Waals surface area contributed by atoms with Crippen LogP contribution in [0.1, 0.15) is 0 Å². The zero-order valence-electron chi connectivity index (χ0n) is 14.0. The molecule has 0 aliphatic carbocycles.